The van der Waals surface area contributed by atoms with Crippen LogP contribution in [0.3, 0.4) is 0 Å². The zero-order valence-electron chi connectivity index (χ0n) is 16.7. The monoisotopic (exact) mass is 413 g/mol. The molecule has 1 aromatic heterocycles. The van der Waals surface area contributed by atoms with Gasteiger partial charge < -0.3 is 5.32 Å². The number of sulfonamides is 1. The summed E-state index contributed by atoms with van der Waals surface area (Å²) in [6, 6.07) is 12.7. The third kappa shape index (κ3) is 4.62. The largest absolute Gasteiger partial charge is 0.321 e. The summed E-state index contributed by atoms with van der Waals surface area (Å²) in [7, 11) is -3.36. The number of amides is 1. The molecule has 152 valence electrons. The van der Waals surface area contributed by atoms with Gasteiger partial charge in [-0.05, 0) is 69.2 Å². The zero-order valence-corrected chi connectivity index (χ0v) is 17.5. The first-order valence-corrected chi connectivity index (χ1v) is 10.8. The molecule has 0 bridgehead atoms. The Balaban J connectivity index is 1.80. The molecular weight excluding hydrogens is 390 g/mol. The molecule has 2 aromatic carbocycles. The molecule has 0 aliphatic carbocycles. The summed E-state index contributed by atoms with van der Waals surface area (Å²) in [5.74, 6) is -0.399. The second kappa shape index (κ2) is 8.04. The quantitative estimate of drug-likeness (QED) is 0.645. The lowest BCUT2D eigenvalue weighted by molar-refractivity contribution is 0.102. The Morgan fingerprint density at radius 3 is 2.52 bits per heavy atom. The molecule has 8 nitrogen and oxygen atoms in total. The van der Waals surface area contributed by atoms with Crippen molar-refractivity contribution in [3.8, 4) is 5.69 Å². The molecule has 0 fully saturated rings. The molecule has 3 rings (SSSR count). The molecule has 1 amide bonds. The maximum Gasteiger partial charge on any atom is 0.278 e. The lowest BCUT2D eigenvalue weighted by Gasteiger charge is -2.11. The number of benzene rings is 2. The number of nitrogens with zero attached hydrogens (tertiary/aromatic N) is 3. The molecule has 0 atom stereocenters. The van der Waals surface area contributed by atoms with Gasteiger partial charge >= 0.3 is 0 Å². The van der Waals surface area contributed by atoms with Crippen molar-refractivity contribution in [1.82, 2.24) is 15.0 Å². The lowest BCUT2D eigenvalue weighted by atomic mass is 10.2. The topological polar surface area (TPSA) is 106 Å². The van der Waals surface area contributed by atoms with Crippen LogP contribution in [-0.2, 0) is 10.0 Å². The van der Waals surface area contributed by atoms with E-state index in [9.17, 15) is 13.2 Å². The summed E-state index contributed by atoms with van der Waals surface area (Å²) in [5.41, 5.74) is 4.47. The van der Waals surface area contributed by atoms with Gasteiger partial charge in [0.2, 0.25) is 10.0 Å². The standard InChI is InChI=1S/C20H23N5O3S/c1-5-29(27,28)23-18-10-9-16(12-14(18)3)21-20(26)19-15(4)25(24-22-19)17-8-6-7-13(2)11-17/h6-12,23H,5H2,1-4H3,(H,21,26). The average molecular weight is 414 g/mol. The first kappa shape index (κ1) is 20.5. The van der Waals surface area contributed by atoms with Crippen LogP contribution in [0.1, 0.15) is 34.2 Å². The number of nitrogens with one attached hydrogen (secondary N) is 2. The van der Waals surface area contributed by atoms with E-state index in [1.54, 1.807) is 43.7 Å². The van der Waals surface area contributed by atoms with Gasteiger partial charge in [-0.1, -0.05) is 17.3 Å². The van der Waals surface area contributed by atoms with Crippen molar-refractivity contribution in [2.75, 3.05) is 15.8 Å². The maximum atomic E-state index is 12.7. The second-order valence-corrected chi connectivity index (χ2v) is 8.77. The van der Waals surface area contributed by atoms with Gasteiger partial charge in [0.05, 0.1) is 22.8 Å². The molecular formula is C20H23N5O3S. The van der Waals surface area contributed by atoms with Gasteiger partial charge in [-0.2, -0.15) is 0 Å². The predicted octanol–water partition coefficient (Wildman–Crippen LogP) is 3.21. The van der Waals surface area contributed by atoms with Gasteiger partial charge in [-0.25, -0.2) is 13.1 Å². The van der Waals surface area contributed by atoms with Crippen molar-refractivity contribution in [2.45, 2.75) is 27.7 Å². The fourth-order valence-electron chi connectivity index (χ4n) is 2.83. The number of anilines is 2. The summed E-state index contributed by atoms with van der Waals surface area (Å²) in [6.07, 6.45) is 0. The van der Waals surface area contributed by atoms with E-state index >= 15 is 0 Å². The Labute approximate surface area is 170 Å². The van der Waals surface area contributed by atoms with Crippen molar-refractivity contribution in [2.24, 2.45) is 0 Å². The first-order chi connectivity index (χ1) is 13.7. The molecule has 3 aromatic rings. The van der Waals surface area contributed by atoms with Crippen LogP contribution in [0.5, 0.6) is 0 Å². The van der Waals surface area contributed by atoms with Crippen molar-refractivity contribution >= 4 is 27.3 Å². The highest BCUT2D eigenvalue weighted by Gasteiger charge is 2.18. The highest BCUT2D eigenvalue weighted by atomic mass is 32.2. The minimum Gasteiger partial charge on any atom is -0.321 e. The molecule has 0 aliphatic rings. The highest BCUT2D eigenvalue weighted by Crippen LogP contribution is 2.22. The highest BCUT2D eigenvalue weighted by molar-refractivity contribution is 7.92. The van der Waals surface area contributed by atoms with Crippen LogP contribution in [0.2, 0.25) is 0 Å². The van der Waals surface area contributed by atoms with Gasteiger partial charge in [0.1, 0.15) is 0 Å². The van der Waals surface area contributed by atoms with Gasteiger partial charge in [-0.15, -0.1) is 5.10 Å². The third-order valence-electron chi connectivity index (χ3n) is 4.49. The molecule has 0 radical (unpaired) electrons. The molecule has 9 heteroatoms. The maximum absolute atomic E-state index is 12.7. The van der Waals surface area contributed by atoms with Crippen LogP contribution >= 0.6 is 0 Å². The van der Waals surface area contributed by atoms with E-state index in [1.165, 1.54) is 0 Å². The first-order valence-electron chi connectivity index (χ1n) is 9.12. The summed E-state index contributed by atoms with van der Waals surface area (Å²) in [5, 5.41) is 10.9. The third-order valence-corrected chi connectivity index (χ3v) is 5.78. The summed E-state index contributed by atoms with van der Waals surface area (Å²) in [4.78, 5) is 12.7. The van der Waals surface area contributed by atoms with Crippen LogP contribution in [0, 0.1) is 20.8 Å². The van der Waals surface area contributed by atoms with E-state index in [2.05, 4.69) is 20.4 Å². The number of carbonyl (C=O) groups excluding carboxylic acids is 1. The molecule has 0 unspecified atom stereocenters. The average Bonchev–Trinajstić information content (AvgIpc) is 3.05. The molecule has 0 spiro atoms. The molecule has 0 aliphatic heterocycles. The van der Waals surface area contributed by atoms with Crippen molar-refractivity contribution < 1.29 is 13.2 Å². The number of aryl methyl sites for hydroxylation is 2. The van der Waals surface area contributed by atoms with Crippen LogP contribution < -0.4 is 10.0 Å². The number of rotatable bonds is 6. The molecule has 2 N–H and O–H groups in total. The molecule has 0 saturated carbocycles. The number of aromatic nitrogens is 3. The van der Waals surface area contributed by atoms with Gasteiger partial charge in [0.15, 0.2) is 5.69 Å². The SMILES string of the molecule is CCS(=O)(=O)Nc1ccc(NC(=O)c2nnn(-c3cccc(C)c3)c2C)cc1C. The Morgan fingerprint density at radius 1 is 1.10 bits per heavy atom. The van der Waals surface area contributed by atoms with Gasteiger partial charge in [0, 0.05) is 5.69 Å². The Kier molecular flexibility index (Phi) is 5.69. The van der Waals surface area contributed by atoms with E-state index in [-0.39, 0.29) is 17.4 Å². The summed E-state index contributed by atoms with van der Waals surface area (Å²) < 4.78 is 27.6. The van der Waals surface area contributed by atoms with Crippen molar-refractivity contribution in [3.05, 3.63) is 65.0 Å². The van der Waals surface area contributed by atoms with Crippen molar-refractivity contribution in [3.63, 3.8) is 0 Å². The van der Waals surface area contributed by atoms with Crippen LogP contribution in [0.25, 0.3) is 5.69 Å². The Morgan fingerprint density at radius 2 is 1.86 bits per heavy atom. The molecule has 0 saturated heterocycles. The summed E-state index contributed by atoms with van der Waals surface area (Å²) >= 11 is 0. The lowest BCUT2D eigenvalue weighted by Crippen LogP contribution is -2.16. The fraction of sp³-hybridized carbons (Fsp3) is 0.250. The summed E-state index contributed by atoms with van der Waals surface area (Å²) in [6.45, 7) is 7.10. The molecule has 29 heavy (non-hydrogen) atoms. The Hall–Kier alpha value is -3.20. The van der Waals surface area contributed by atoms with E-state index in [0.717, 1.165) is 11.3 Å². The fourth-order valence-corrected chi connectivity index (χ4v) is 3.54. The van der Waals surface area contributed by atoms with E-state index in [0.29, 0.717) is 22.6 Å². The van der Waals surface area contributed by atoms with E-state index < -0.39 is 10.0 Å². The number of hydrogen-bond acceptors (Lipinski definition) is 5. The minimum absolute atomic E-state index is 0.0131. The van der Waals surface area contributed by atoms with Crippen LogP contribution in [0.4, 0.5) is 11.4 Å². The van der Waals surface area contributed by atoms with Crippen LogP contribution in [0.15, 0.2) is 42.5 Å². The van der Waals surface area contributed by atoms with Crippen LogP contribution in [-0.4, -0.2) is 35.1 Å². The van der Waals surface area contributed by atoms with E-state index in [1.807, 2.05) is 31.2 Å². The number of carbonyl (C=O) groups is 1. The smallest absolute Gasteiger partial charge is 0.278 e. The normalized spacial score (nSPS) is 11.3. The minimum atomic E-state index is -3.36. The predicted molar refractivity (Wildman–Crippen MR) is 113 cm³/mol. The van der Waals surface area contributed by atoms with Gasteiger partial charge in [-0.3, -0.25) is 9.52 Å². The van der Waals surface area contributed by atoms with E-state index in [4.69, 9.17) is 0 Å². The van der Waals surface area contributed by atoms with Gasteiger partial charge in [0.25, 0.3) is 5.91 Å². The Bertz CT molecular complexity index is 1170. The molecule has 1 heterocycles. The van der Waals surface area contributed by atoms with Crippen molar-refractivity contribution in [1.29, 1.82) is 0 Å². The zero-order chi connectivity index (χ0) is 21.2. The number of hydrogen-bond donors (Lipinski definition) is 2. The second-order valence-electron chi connectivity index (χ2n) is 6.76.